The maximum absolute atomic E-state index is 14.4. The third-order valence-corrected chi connectivity index (χ3v) is 6.53. The summed E-state index contributed by atoms with van der Waals surface area (Å²) in [6, 6.07) is 4.26. The van der Waals surface area contributed by atoms with Gasteiger partial charge in [0.2, 0.25) is 0 Å². The first-order valence-electron chi connectivity index (χ1n) is 13.0. The predicted octanol–water partition coefficient (Wildman–Crippen LogP) is 8.09. The summed E-state index contributed by atoms with van der Waals surface area (Å²) >= 11 is 0. The minimum atomic E-state index is -0.844. The van der Waals surface area contributed by atoms with E-state index in [1.807, 2.05) is 36.7 Å². The normalized spacial score (nSPS) is 18.4. The lowest BCUT2D eigenvalue weighted by Gasteiger charge is -2.28. The van der Waals surface area contributed by atoms with Gasteiger partial charge in [0.25, 0.3) is 0 Å². The lowest BCUT2D eigenvalue weighted by atomic mass is 9.77. The molecule has 0 spiro atoms. The minimum absolute atomic E-state index is 0.256. The first-order valence-corrected chi connectivity index (χ1v) is 13.0. The number of hydrogen-bond acceptors (Lipinski definition) is 3. The second-order valence-electron chi connectivity index (χ2n) is 9.47. The Labute approximate surface area is 214 Å². The van der Waals surface area contributed by atoms with Crippen LogP contribution in [0.2, 0.25) is 0 Å². The van der Waals surface area contributed by atoms with Gasteiger partial charge in [0.15, 0.2) is 11.6 Å². The lowest BCUT2D eigenvalue weighted by molar-refractivity contribution is 0.0566. The van der Waals surface area contributed by atoms with Crippen molar-refractivity contribution in [2.24, 2.45) is 0 Å². The number of unbranched alkanes of at least 4 members (excludes halogenated alkanes) is 3. The first kappa shape index (κ1) is 27.7. The minimum Gasteiger partial charge on any atom is -0.379 e. The summed E-state index contributed by atoms with van der Waals surface area (Å²) in [6.45, 7) is 8.94. The standard InChI is InChI=1S/C31H38F2N2O/c1-4-6-10-21-36-24(3)13-8-7-9-18-31(30-34-22-25(12-5-2)23-35-30)19-16-26(17-20-31)27-14-11-15-28(32)29(27)33/h5,9,11,14-19,22-24H,2,4,6-8,10,12-13,20-21H2,1,3H3. The number of halogens is 2. The molecule has 2 aromatic rings. The maximum atomic E-state index is 14.4. The van der Waals surface area contributed by atoms with E-state index in [-0.39, 0.29) is 11.7 Å². The highest BCUT2D eigenvalue weighted by Crippen LogP contribution is 2.37. The topological polar surface area (TPSA) is 35.0 Å². The molecule has 1 aromatic heterocycles. The van der Waals surface area contributed by atoms with E-state index in [2.05, 4.69) is 42.5 Å². The maximum Gasteiger partial charge on any atom is 0.166 e. The molecule has 5 heteroatoms. The molecular weight excluding hydrogens is 454 g/mol. The van der Waals surface area contributed by atoms with Gasteiger partial charge in [0.05, 0.1) is 11.5 Å². The Hall–Kier alpha value is -2.92. The molecule has 1 aliphatic rings. The van der Waals surface area contributed by atoms with Crippen molar-refractivity contribution in [1.29, 1.82) is 0 Å². The van der Waals surface area contributed by atoms with E-state index in [1.165, 1.54) is 18.9 Å². The second kappa shape index (κ2) is 14.0. The van der Waals surface area contributed by atoms with E-state index in [0.29, 0.717) is 24.2 Å². The molecule has 0 saturated heterocycles. The van der Waals surface area contributed by atoms with Gasteiger partial charge in [0.1, 0.15) is 5.82 Å². The summed E-state index contributed by atoms with van der Waals surface area (Å²) in [4.78, 5) is 9.31. The molecular formula is C31H38F2N2O. The van der Waals surface area contributed by atoms with Crippen LogP contribution in [0, 0.1) is 11.6 Å². The van der Waals surface area contributed by atoms with Crippen molar-refractivity contribution in [2.75, 3.05) is 6.61 Å². The van der Waals surface area contributed by atoms with Crippen molar-refractivity contribution in [2.45, 2.75) is 76.7 Å². The Morgan fingerprint density at radius 3 is 2.67 bits per heavy atom. The van der Waals surface area contributed by atoms with Gasteiger partial charge in [-0.2, -0.15) is 0 Å². The zero-order valence-corrected chi connectivity index (χ0v) is 21.6. The fourth-order valence-corrected chi connectivity index (χ4v) is 4.35. The van der Waals surface area contributed by atoms with Crippen LogP contribution in [0.1, 0.15) is 75.7 Å². The van der Waals surface area contributed by atoms with E-state index in [4.69, 9.17) is 4.74 Å². The van der Waals surface area contributed by atoms with Gasteiger partial charge in [-0.25, -0.2) is 18.7 Å². The van der Waals surface area contributed by atoms with Gasteiger partial charge in [0, 0.05) is 24.6 Å². The van der Waals surface area contributed by atoms with Gasteiger partial charge in [-0.15, -0.1) is 6.58 Å². The Morgan fingerprint density at radius 1 is 1.17 bits per heavy atom. The van der Waals surface area contributed by atoms with Crippen molar-refractivity contribution in [1.82, 2.24) is 9.97 Å². The third-order valence-electron chi connectivity index (χ3n) is 6.53. The lowest BCUT2D eigenvalue weighted by Crippen LogP contribution is -2.25. The van der Waals surface area contributed by atoms with Crippen molar-refractivity contribution in [3.63, 3.8) is 0 Å². The highest BCUT2D eigenvalue weighted by molar-refractivity contribution is 5.76. The first-order chi connectivity index (χ1) is 17.5. The van der Waals surface area contributed by atoms with E-state index in [9.17, 15) is 8.78 Å². The molecule has 3 rings (SSSR count). The largest absolute Gasteiger partial charge is 0.379 e. The van der Waals surface area contributed by atoms with Crippen LogP contribution in [0.15, 0.2) is 73.6 Å². The van der Waals surface area contributed by atoms with Crippen molar-refractivity contribution >= 4 is 5.57 Å². The second-order valence-corrected chi connectivity index (χ2v) is 9.47. The van der Waals surface area contributed by atoms with Crippen molar-refractivity contribution < 1.29 is 13.5 Å². The summed E-state index contributed by atoms with van der Waals surface area (Å²) in [6.07, 6.45) is 23.6. The molecule has 0 amide bonds. The van der Waals surface area contributed by atoms with Gasteiger partial charge in [-0.1, -0.05) is 68.4 Å². The van der Waals surface area contributed by atoms with E-state index in [1.54, 1.807) is 6.07 Å². The summed E-state index contributed by atoms with van der Waals surface area (Å²) in [7, 11) is 0. The number of benzene rings is 1. The van der Waals surface area contributed by atoms with Crippen molar-refractivity contribution in [3.05, 3.63) is 102 Å². The van der Waals surface area contributed by atoms with Crippen LogP contribution in [-0.2, 0) is 16.6 Å². The van der Waals surface area contributed by atoms with Crippen molar-refractivity contribution in [3.8, 4) is 0 Å². The molecule has 0 radical (unpaired) electrons. The number of ether oxygens (including phenoxy) is 1. The quantitative estimate of drug-likeness (QED) is 0.197. The molecule has 36 heavy (non-hydrogen) atoms. The van der Waals surface area contributed by atoms with Crippen LogP contribution in [0.25, 0.3) is 5.57 Å². The molecule has 0 fully saturated rings. The smallest absolute Gasteiger partial charge is 0.166 e. The molecule has 0 N–H and O–H groups in total. The fraction of sp³-hybridized carbons (Fsp3) is 0.419. The molecule has 2 unspecified atom stereocenters. The molecule has 1 heterocycles. The fourth-order valence-electron chi connectivity index (χ4n) is 4.35. The Kier molecular flexibility index (Phi) is 10.7. The summed E-state index contributed by atoms with van der Waals surface area (Å²) in [5.41, 5.74) is 1.38. The monoisotopic (exact) mass is 492 g/mol. The zero-order valence-electron chi connectivity index (χ0n) is 21.6. The Bertz CT molecular complexity index is 1070. The molecule has 192 valence electrons. The van der Waals surface area contributed by atoms with Crippen LogP contribution >= 0.6 is 0 Å². The van der Waals surface area contributed by atoms with E-state index < -0.39 is 17.0 Å². The van der Waals surface area contributed by atoms with Crippen LogP contribution in [0.5, 0.6) is 0 Å². The van der Waals surface area contributed by atoms with E-state index in [0.717, 1.165) is 43.9 Å². The molecule has 1 aromatic carbocycles. The predicted molar refractivity (Wildman–Crippen MR) is 144 cm³/mol. The summed E-state index contributed by atoms with van der Waals surface area (Å²) in [5.74, 6) is -0.985. The number of hydrogen-bond donors (Lipinski definition) is 0. The van der Waals surface area contributed by atoms with Crippen LogP contribution < -0.4 is 0 Å². The summed E-state index contributed by atoms with van der Waals surface area (Å²) in [5, 5.41) is 0. The molecule has 3 nitrogen and oxygen atoms in total. The van der Waals surface area contributed by atoms with E-state index >= 15 is 0 Å². The number of allylic oxidation sites excluding steroid dienone is 7. The molecule has 0 aliphatic heterocycles. The number of rotatable bonds is 14. The number of aromatic nitrogens is 2. The SMILES string of the molecule is C=CCc1cnc(C2(C=CCCCC(C)OCCCCC)C=CC(c3cccc(F)c3F)=CC2)nc1. The van der Waals surface area contributed by atoms with Gasteiger partial charge < -0.3 is 4.74 Å². The van der Waals surface area contributed by atoms with Crippen LogP contribution in [0.3, 0.4) is 0 Å². The number of nitrogens with zero attached hydrogens (tertiary/aromatic N) is 2. The highest BCUT2D eigenvalue weighted by atomic mass is 19.2. The molecule has 1 aliphatic carbocycles. The molecule has 2 atom stereocenters. The molecule has 0 bridgehead atoms. The van der Waals surface area contributed by atoms with Crippen LogP contribution in [0.4, 0.5) is 8.78 Å². The van der Waals surface area contributed by atoms with Crippen LogP contribution in [-0.4, -0.2) is 22.7 Å². The zero-order chi connectivity index (χ0) is 25.8. The third kappa shape index (κ3) is 7.54. The van der Waals surface area contributed by atoms with Gasteiger partial charge >= 0.3 is 0 Å². The summed E-state index contributed by atoms with van der Waals surface area (Å²) < 4.78 is 34.1. The Morgan fingerprint density at radius 2 is 1.97 bits per heavy atom. The van der Waals surface area contributed by atoms with Gasteiger partial charge in [-0.3, -0.25) is 0 Å². The average molecular weight is 493 g/mol. The highest BCUT2D eigenvalue weighted by Gasteiger charge is 2.31. The Balaban J connectivity index is 1.71. The molecule has 0 saturated carbocycles. The average Bonchev–Trinajstić information content (AvgIpc) is 2.89. The van der Waals surface area contributed by atoms with Gasteiger partial charge in [-0.05, 0) is 62.7 Å².